The lowest BCUT2D eigenvalue weighted by atomic mass is 10.0. The quantitative estimate of drug-likeness (QED) is 0.615. The maximum Gasteiger partial charge on any atom is 0.271 e. The Morgan fingerprint density at radius 1 is 1.29 bits per heavy atom. The van der Waals surface area contributed by atoms with Gasteiger partial charge in [0.25, 0.3) is 5.69 Å². The van der Waals surface area contributed by atoms with Crippen LogP contribution < -0.4 is 4.90 Å². The van der Waals surface area contributed by atoms with Crippen molar-refractivity contribution in [2.24, 2.45) is 0 Å². The Morgan fingerprint density at radius 2 is 2.08 bits per heavy atom. The van der Waals surface area contributed by atoms with Gasteiger partial charge in [0.05, 0.1) is 16.4 Å². The van der Waals surface area contributed by atoms with E-state index in [2.05, 4.69) is 4.98 Å². The number of hydrogen-bond acceptors (Lipinski definition) is 5. The fourth-order valence-corrected chi connectivity index (χ4v) is 3.61. The number of carbonyl (C=O) groups is 1. The lowest BCUT2D eigenvalue weighted by Crippen LogP contribution is -2.36. The van der Waals surface area contributed by atoms with E-state index < -0.39 is 4.92 Å². The van der Waals surface area contributed by atoms with Crippen molar-refractivity contribution in [2.45, 2.75) is 18.6 Å². The highest BCUT2D eigenvalue weighted by molar-refractivity contribution is 7.99. The summed E-state index contributed by atoms with van der Waals surface area (Å²) in [5.74, 6) is 1.09. The Balaban J connectivity index is 1.68. The molecule has 1 aliphatic rings. The minimum Gasteiger partial charge on any atom is -0.311 e. The van der Waals surface area contributed by atoms with E-state index in [0.29, 0.717) is 18.0 Å². The molecule has 7 heteroatoms. The van der Waals surface area contributed by atoms with Crippen LogP contribution in [-0.4, -0.2) is 28.1 Å². The fraction of sp³-hybridized carbons (Fsp3) is 0.294. The van der Waals surface area contributed by atoms with Crippen LogP contribution in [-0.2, 0) is 17.0 Å². The third-order valence-corrected chi connectivity index (χ3v) is 4.93. The van der Waals surface area contributed by atoms with E-state index in [0.717, 1.165) is 29.7 Å². The van der Waals surface area contributed by atoms with Gasteiger partial charge in [-0.1, -0.05) is 6.07 Å². The van der Waals surface area contributed by atoms with Crippen LogP contribution in [0.25, 0.3) is 0 Å². The summed E-state index contributed by atoms with van der Waals surface area (Å²) in [6, 6.07) is 8.63. The topological polar surface area (TPSA) is 76.3 Å². The number of nitro benzene ring substituents is 1. The van der Waals surface area contributed by atoms with E-state index in [9.17, 15) is 14.9 Å². The molecule has 0 fully saturated rings. The van der Waals surface area contributed by atoms with E-state index in [-0.39, 0.29) is 11.6 Å². The average molecular weight is 343 g/mol. The number of rotatable bonds is 5. The van der Waals surface area contributed by atoms with Gasteiger partial charge in [-0.05, 0) is 36.1 Å². The standard InChI is InChI=1S/C17H17N3O3S/c21-17(12-24-11-13-5-7-18-8-6-13)19-9-1-2-14-3-4-15(20(22)23)10-16(14)19/h3-8,10H,1-2,9,11-12H2. The van der Waals surface area contributed by atoms with Crippen LogP contribution >= 0.6 is 11.8 Å². The van der Waals surface area contributed by atoms with E-state index in [1.807, 2.05) is 12.1 Å². The molecule has 1 aromatic carbocycles. The second kappa shape index (κ2) is 7.44. The largest absolute Gasteiger partial charge is 0.311 e. The van der Waals surface area contributed by atoms with Crippen LogP contribution in [0.5, 0.6) is 0 Å². The number of aromatic nitrogens is 1. The smallest absolute Gasteiger partial charge is 0.271 e. The highest BCUT2D eigenvalue weighted by Gasteiger charge is 2.24. The second-order valence-corrected chi connectivity index (χ2v) is 6.55. The summed E-state index contributed by atoms with van der Waals surface area (Å²) >= 11 is 1.54. The third-order valence-electron chi connectivity index (χ3n) is 3.94. The van der Waals surface area contributed by atoms with Crippen LogP contribution in [0.15, 0.2) is 42.7 Å². The van der Waals surface area contributed by atoms with Gasteiger partial charge in [0.15, 0.2) is 0 Å². The van der Waals surface area contributed by atoms with Gasteiger partial charge in [-0.25, -0.2) is 0 Å². The second-order valence-electron chi connectivity index (χ2n) is 5.57. The first-order valence-electron chi connectivity index (χ1n) is 7.69. The molecule has 1 amide bonds. The Hall–Kier alpha value is -2.41. The number of amides is 1. The third kappa shape index (κ3) is 3.73. The predicted octanol–water partition coefficient (Wildman–Crippen LogP) is 3.20. The van der Waals surface area contributed by atoms with Gasteiger partial charge in [0.2, 0.25) is 5.91 Å². The first-order valence-corrected chi connectivity index (χ1v) is 8.85. The lowest BCUT2D eigenvalue weighted by molar-refractivity contribution is -0.384. The summed E-state index contributed by atoms with van der Waals surface area (Å²) in [6.07, 6.45) is 5.20. The summed E-state index contributed by atoms with van der Waals surface area (Å²) in [7, 11) is 0. The van der Waals surface area contributed by atoms with Crippen molar-refractivity contribution in [3.8, 4) is 0 Å². The molecule has 2 aromatic rings. The Kier molecular flexibility index (Phi) is 5.10. The summed E-state index contributed by atoms with van der Waals surface area (Å²) < 4.78 is 0. The van der Waals surface area contributed by atoms with Crippen molar-refractivity contribution < 1.29 is 9.72 Å². The van der Waals surface area contributed by atoms with E-state index >= 15 is 0 Å². The highest BCUT2D eigenvalue weighted by atomic mass is 32.2. The monoisotopic (exact) mass is 343 g/mol. The maximum absolute atomic E-state index is 12.6. The number of carbonyl (C=O) groups excluding carboxylic acids is 1. The summed E-state index contributed by atoms with van der Waals surface area (Å²) in [5.41, 5.74) is 2.83. The molecule has 1 aliphatic heterocycles. The van der Waals surface area contributed by atoms with Crippen molar-refractivity contribution in [1.29, 1.82) is 0 Å². The molecule has 124 valence electrons. The molecule has 0 atom stereocenters. The molecule has 3 rings (SSSR count). The molecule has 6 nitrogen and oxygen atoms in total. The van der Waals surface area contributed by atoms with Crippen LogP contribution in [0.3, 0.4) is 0 Å². The number of anilines is 1. The zero-order valence-electron chi connectivity index (χ0n) is 13.1. The summed E-state index contributed by atoms with van der Waals surface area (Å²) in [6.45, 7) is 0.614. The van der Waals surface area contributed by atoms with Gasteiger partial charge in [0.1, 0.15) is 0 Å². The number of aryl methyl sites for hydroxylation is 1. The van der Waals surface area contributed by atoms with Gasteiger partial charge >= 0.3 is 0 Å². The van der Waals surface area contributed by atoms with E-state index in [4.69, 9.17) is 0 Å². The van der Waals surface area contributed by atoms with Crippen molar-refractivity contribution in [3.05, 3.63) is 64.0 Å². The predicted molar refractivity (Wildman–Crippen MR) is 94.2 cm³/mol. The molecule has 0 unspecified atom stereocenters. The van der Waals surface area contributed by atoms with Crippen molar-refractivity contribution in [2.75, 3.05) is 17.2 Å². The number of nitro groups is 1. The molecule has 0 aliphatic carbocycles. The molecule has 0 saturated heterocycles. The molecule has 24 heavy (non-hydrogen) atoms. The van der Waals surface area contributed by atoms with Gasteiger partial charge < -0.3 is 4.90 Å². The minimum atomic E-state index is -0.421. The van der Waals surface area contributed by atoms with Gasteiger partial charge in [-0.15, -0.1) is 11.8 Å². The van der Waals surface area contributed by atoms with Crippen LogP contribution in [0.4, 0.5) is 11.4 Å². The number of hydrogen-bond donors (Lipinski definition) is 0. The summed E-state index contributed by atoms with van der Waals surface area (Å²) in [4.78, 5) is 28.8. The van der Waals surface area contributed by atoms with Crippen molar-refractivity contribution >= 4 is 29.0 Å². The molecule has 1 aromatic heterocycles. The van der Waals surface area contributed by atoms with Crippen LogP contribution in [0, 0.1) is 10.1 Å². The number of benzene rings is 1. The number of pyridine rings is 1. The number of nitrogens with zero attached hydrogens (tertiary/aromatic N) is 3. The molecule has 0 radical (unpaired) electrons. The van der Waals surface area contributed by atoms with Gasteiger partial charge in [-0.3, -0.25) is 19.9 Å². The zero-order chi connectivity index (χ0) is 16.9. The first kappa shape index (κ1) is 16.4. The van der Waals surface area contributed by atoms with Crippen molar-refractivity contribution in [1.82, 2.24) is 4.98 Å². The fourth-order valence-electron chi connectivity index (χ4n) is 2.75. The Morgan fingerprint density at radius 3 is 2.83 bits per heavy atom. The van der Waals surface area contributed by atoms with Gasteiger partial charge in [0, 0.05) is 36.8 Å². The van der Waals surface area contributed by atoms with E-state index in [1.165, 1.54) is 12.1 Å². The zero-order valence-corrected chi connectivity index (χ0v) is 13.9. The molecule has 0 N–H and O–H groups in total. The number of fused-ring (bicyclic) bond motifs is 1. The van der Waals surface area contributed by atoms with Crippen LogP contribution in [0.1, 0.15) is 17.5 Å². The lowest BCUT2D eigenvalue weighted by Gasteiger charge is -2.29. The van der Waals surface area contributed by atoms with Crippen LogP contribution in [0.2, 0.25) is 0 Å². The average Bonchev–Trinajstić information content (AvgIpc) is 2.61. The summed E-state index contributed by atoms with van der Waals surface area (Å²) in [5, 5.41) is 11.0. The van der Waals surface area contributed by atoms with Crippen molar-refractivity contribution in [3.63, 3.8) is 0 Å². The highest BCUT2D eigenvalue weighted by Crippen LogP contribution is 2.31. The maximum atomic E-state index is 12.6. The SMILES string of the molecule is O=C(CSCc1ccncc1)N1CCCc2ccc([N+](=O)[O-])cc21. The Bertz CT molecular complexity index is 752. The number of non-ortho nitro benzene ring substituents is 1. The van der Waals surface area contributed by atoms with E-state index in [1.54, 1.807) is 35.1 Å². The Labute approximate surface area is 144 Å². The molecular weight excluding hydrogens is 326 g/mol. The molecular formula is C17H17N3O3S. The number of thioether (sulfide) groups is 1. The molecule has 0 bridgehead atoms. The molecule has 0 saturated carbocycles. The first-order chi connectivity index (χ1) is 11.6. The molecule has 2 heterocycles. The normalized spacial score (nSPS) is 13.4. The van der Waals surface area contributed by atoms with Gasteiger partial charge in [-0.2, -0.15) is 0 Å². The molecule has 0 spiro atoms. The minimum absolute atomic E-state index is 0.00416.